The molecule has 0 spiro atoms. The fourth-order valence-electron chi connectivity index (χ4n) is 3.38. The molecule has 0 N–H and O–H groups in total. The Kier molecular flexibility index (Phi) is 4.77. The Morgan fingerprint density at radius 2 is 2.09 bits per heavy atom. The zero-order valence-electron chi connectivity index (χ0n) is 14.5. The highest BCUT2D eigenvalue weighted by Crippen LogP contribution is 2.24. The summed E-state index contributed by atoms with van der Waals surface area (Å²) in [7, 11) is 4.01. The van der Waals surface area contributed by atoms with Crippen molar-refractivity contribution in [3.63, 3.8) is 0 Å². The van der Waals surface area contributed by atoms with Gasteiger partial charge in [-0.25, -0.2) is 0 Å². The molecule has 126 valence electrons. The standard InChI is InChI=1S/C16H26N6O/c1-5-13-12(14(6-2)21(4)19-13)9-22-7-8-23-15(10-22)16-18-17-11-20(16)3/h11,15H,5-10H2,1-4H3/t15-/m0/s1. The predicted octanol–water partition coefficient (Wildman–Crippen LogP) is 1.25. The quantitative estimate of drug-likeness (QED) is 0.830. The summed E-state index contributed by atoms with van der Waals surface area (Å²) in [6, 6.07) is 0. The van der Waals surface area contributed by atoms with E-state index in [9.17, 15) is 0 Å². The molecule has 3 rings (SSSR count). The van der Waals surface area contributed by atoms with Crippen LogP contribution < -0.4 is 0 Å². The van der Waals surface area contributed by atoms with Crippen LogP contribution in [-0.2, 0) is 38.2 Å². The van der Waals surface area contributed by atoms with Crippen molar-refractivity contribution < 1.29 is 4.74 Å². The molecular formula is C16H26N6O. The van der Waals surface area contributed by atoms with Gasteiger partial charge in [-0.15, -0.1) is 10.2 Å². The molecule has 0 radical (unpaired) electrons. The molecule has 0 saturated carbocycles. The second-order valence-electron chi connectivity index (χ2n) is 6.10. The highest BCUT2D eigenvalue weighted by molar-refractivity contribution is 5.26. The average Bonchev–Trinajstić information content (AvgIpc) is 3.11. The Morgan fingerprint density at radius 3 is 2.74 bits per heavy atom. The topological polar surface area (TPSA) is 61.0 Å². The van der Waals surface area contributed by atoms with E-state index in [2.05, 4.69) is 34.0 Å². The number of aryl methyl sites for hydroxylation is 3. The lowest BCUT2D eigenvalue weighted by molar-refractivity contribution is -0.0387. The van der Waals surface area contributed by atoms with Crippen LogP contribution in [0.4, 0.5) is 0 Å². The van der Waals surface area contributed by atoms with Crippen LogP contribution in [0.3, 0.4) is 0 Å². The van der Waals surface area contributed by atoms with Crippen molar-refractivity contribution in [1.29, 1.82) is 0 Å². The zero-order chi connectivity index (χ0) is 16.4. The van der Waals surface area contributed by atoms with Gasteiger partial charge in [0.05, 0.1) is 12.3 Å². The van der Waals surface area contributed by atoms with Crippen molar-refractivity contribution in [1.82, 2.24) is 29.4 Å². The van der Waals surface area contributed by atoms with Crippen molar-refractivity contribution in [3.8, 4) is 0 Å². The molecule has 2 aromatic rings. The number of morpholine rings is 1. The second kappa shape index (κ2) is 6.80. The molecule has 0 aliphatic carbocycles. The number of ether oxygens (including phenoxy) is 1. The molecule has 0 aromatic carbocycles. The largest absolute Gasteiger partial charge is 0.368 e. The first-order chi connectivity index (χ1) is 11.1. The summed E-state index contributed by atoms with van der Waals surface area (Å²) in [5.74, 6) is 0.896. The maximum absolute atomic E-state index is 5.90. The van der Waals surface area contributed by atoms with Crippen molar-refractivity contribution in [2.45, 2.75) is 39.3 Å². The molecule has 3 heterocycles. The van der Waals surface area contributed by atoms with Crippen LogP contribution in [0.1, 0.15) is 42.7 Å². The lowest BCUT2D eigenvalue weighted by Gasteiger charge is -2.32. The molecule has 23 heavy (non-hydrogen) atoms. The third-order valence-electron chi connectivity index (χ3n) is 4.59. The van der Waals surface area contributed by atoms with E-state index in [0.29, 0.717) is 0 Å². The van der Waals surface area contributed by atoms with Crippen molar-refractivity contribution in [2.24, 2.45) is 14.1 Å². The molecule has 1 aliphatic rings. The van der Waals surface area contributed by atoms with Gasteiger partial charge in [0.1, 0.15) is 12.4 Å². The smallest absolute Gasteiger partial charge is 0.163 e. The van der Waals surface area contributed by atoms with Crippen LogP contribution in [0.25, 0.3) is 0 Å². The molecule has 7 nitrogen and oxygen atoms in total. The minimum absolute atomic E-state index is 0.0110. The average molecular weight is 318 g/mol. The fraction of sp³-hybridized carbons (Fsp3) is 0.688. The number of hydrogen-bond acceptors (Lipinski definition) is 5. The summed E-state index contributed by atoms with van der Waals surface area (Å²) in [6.45, 7) is 7.80. The van der Waals surface area contributed by atoms with E-state index in [4.69, 9.17) is 4.74 Å². The summed E-state index contributed by atoms with van der Waals surface area (Å²) < 4.78 is 9.88. The van der Waals surface area contributed by atoms with Gasteiger partial charge < -0.3 is 9.30 Å². The Labute approximate surface area is 137 Å². The molecule has 1 atom stereocenters. The van der Waals surface area contributed by atoms with E-state index in [1.807, 2.05) is 23.3 Å². The first-order valence-corrected chi connectivity index (χ1v) is 8.35. The van der Waals surface area contributed by atoms with Crippen LogP contribution in [0.2, 0.25) is 0 Å². The molecule has 2 aromatic heterocycles. The highest BCUT2D eigenvalue weighted by Gasteiger charge is 2.27. The summed E-state index contributed by atoms with van der Waals surface area (Å²) >= 11 is 0. The van der Waals surface area contributed by atoms with Crippen molar-refractivity contribution >= 4 is 0 Å². The number of nitrogens with zero attached hydrogens (tertiary/aromatic N) is 6. The van der Waals surface area contributed by atoms with Crippen LogP contribution in [0.15, 0.2) is 6.33 Å². The van der Waals surface area contributed by atoms with Crippen LogP contribution in [-0.4, -0.2) is 49.1 Å². The van der Waals surface area contributed by atoms with E-state index in [1.165, 1.54) is 17.0 Å². The van der Waals surface area contributed by atoms with Crippen molar-refractivity contribution in [2.75, 3.05) is 19.7 Å². The van der Waals surface area contributed by atoms with Gasteiger partial charge in [-0.1, -0.05) is 13.8 Å². The lowest BCUT2D eigenvalue weighted by Crippen LogP contribution is -2.39. The van der Waals surface area contributed by atoms with Gasteiger partial charge in [-0.2, -0.15) is 5.10 Å². The van der Waals surface area contributed by atoms with Gasteiger partial charge in [-0.05, 0) is 12.8 Å². The van der Waals surface area contributed by atoms with Gasteiger partial charge in [0.2, 0.25) is 0 Å². The molecule has 1 saturated heterocycles. The van der Waals surface area contributed by atoms with E-state index in [1.54, 1.807) is 6.33 Å². The van der Waals surface area contributed by atoms with Gasteiger partial charge in [0, 0.05) is 45.0 Å². The lowest BCUT2D eigenvalue weighted by atomic mass is 10.1. The summed E-state index contributed by atoms with van der Waals surface area (Å²) in [5.41, 5.74) is 3.94. The highest BCUT2D eigenvalue weighted by atomic mass is 16.5. The molecular weight excluding hydrogens is 292 g/mol. The van der Waals surface area contributed by atoms with E-state index in [0.717, 1.165) is 44.9 Å². The van der Waals surface area contributed by atoms with E-state index in [-0.39, 0.29) is 6.10 Å². The monoisotopic (exact) mass is 318 g/mol. The maximum Gasteiger partial charge on any atom is 0.163 e. The minimum Gasteiger partial charge on any atom is -0.368 e. The molecule has 1 aliphatic heterocycles. The van der Waals surface area contributed by atoms with Crippen LogP contribution >= 0.6 is 0 Å². The normalized spacial score (nSPS) is 19.4. The number of rotatable bonds is 5. The second-order valence-corrected chi connectivity index (χ2v) is 6.10. The fourth-order valence-corrected chi connectivity index (χ4v) is 3.38. The number of aromatic nitrogens is 5. The third-order valence-corrected chi connectivity index (χ3v) is 4.59. The third kappa shape index (κ3) is 3.16. The van der Waals surface area contributed by atoms with Gasteiger partial charge >= 0.3 is 0 Å². The van der Waals surface area contributed by atoms with E-state index < -0.39 is 0 Å². The molecule has 1 fully saturated rings. The number of hydrogen-bond donors (Lipinski definition) is 0. The Morgan fingerprint density at radius 1 is 1.26 bits per heavy atom. The van der Waals surface area contributed by atoms with Crippen molar-refractivity contribution in [3.05, 3.63) is 29.1 Å². The Balaban J connectivity index is 1.77. The molecule has 0 amide bonds. The summed E-state index contributed by atoms with van der Waals surface area (Å²) in [5, 5.41) is 12.8. The molecule has 0 bridgehead atoms. The maximum atomic E-state index is 5.90. The molecule has 7 heteroatoms. The van der Waals surface area contributed by atoms with Gasteiger partial charge in [-0.3, -0.25) is 9.58 Å². The summed E-state index contributed by atoms with van der Waals surface area (Å²) in [4.78, 5) is 2.44. The van der Waals surface area contributed by atoms with E-state index >= 15 is 0 Å². The Bertz CT molecular complexity index is 662. The summed E-state index contributed by atoms with van der Waals surface area (Å²) in [6.07, 6.45) is 3.70. The first kappa shape index (κ1) is 16.1. The predicted molar refractivity (Wildman–Crippen MR) is 86.9 cm³/mol. The van der Waals surface area contributed by atoms with Crippen LogP contribution in [0, 0.1) is 0 Å². The molecule has 0 unspecified atom stereocenters. The van der Waals surface area contributed by atoms with Gasteiger partial charge in [0.15, 0.2) is 5.82 Å². The van der Waals surface area contributed by atoms with Gasteiger partial charge in [0.25, 0.3) is 0 Å². The minimum atomic E-state index is -0.0110. The Hall–Kier alpha value is -1.73. The zero-order valence-corrected chi connectivity index (χ0v) is 14.5. The first-order valence-electron chi connectivity index (χ1n) is 8.35. The van der Waals surface area contributed by atoms with Crippen LogP contribution in [0.5, 0.6) is 0 Å². The SMILES string of the molecule is CCc1nn(C)c(CC)c1CN1CCO[C@H](c2nncn2C)C1.